The molecule has 0 saturated carbocycles. The van der Waals surface area contributed by atoms with Gasteiger partial charge in [-0.3, -0.25) is 0 Å². The summed E-state index contributed by atoms with van der Waals surface area (Å²) in [5, 5.41) is 14.3. The Morgan fingerprint density at radius 2 is 2.59 bits per heavy atom. The van der Waals surface area contributed by atoms with Gasteiger partial charge >= 0.3 is 0 Å². The largest absolute Gasteiger partial charge is 0.369 e. The molecule has 0 amide bonds. The molecule has 3 rings (SSSR count). The normalized spacial score (nSPS) is 19.2. The average molecular weight is 251 g/mol. The van der Waals surface area contributed by atoms with Crippen LogP contribution in [0.15, 0.2) is 17.8 Å². The summed E-state index contributed by atoms with van der Waals surface area (Å²) in [7, 11) is 0. The van der Waals surface area contributed by atoms with E-state index in [0.29, 0.717) is 6.61 Å². The Kier molecular flexibility index (Phi) is 3.12. The number of aromatic nitrogens is 4. The van der Waals surface area contributed by atoms with E-state index in [1.807, 2.05) is 16.3 Å². The highest BCUT2D eigenvalue weighted by molar-refractivity contribution is 7.09. The summed E-state index contributed by atoms with van der Waals surface area (Å²) >= 11 is 1.66. The molecule has 1 atom stereocenters. The number of nitrogens with zero attached hydrogens (tertiary/aromatic N) is 4. The molecule has 1 N–H and O–H groups in total. The van der Waals surface area contributed by atoms with Crippen LogP contribution in [0.2, 0.25) is 0 Å². The fraction of sp³-hybridized carbons (Fsp3) is 0.500. The van der Waals surface area contributed by atoms with E-state index in [-0.39, 0.29) is 6.10 Å². The third-order valence-corrected chi connectivity index (χ3v) is 3.45. The van der Waals surface area contributed by atoms with Crippen LogP contribution in [-0.2, 0) is 24.4 Å². The number of hydrogen-bond donors (Lipinski definition) is 1. The second-order valence-corrected chi connectivity index (χ2v) is 4.88. The van der Waals surface area contributed by atoms with Crippen molar-refractivity contribution in [3.05, 3.63) is 28.5 Å². The lowest BCUT2D eigenvalue weighted by molar-refractivity contribution is 0.000979. The lowest BCUT2D eigenvalue weighted by atomic mass is 10.3. The van der Waals surface area contributed by atoms with Crippen LogP contribution in [0, 0.1) is 0 Å². The second-order valence-electron chi connectivity index (χ2n) is 3.90. The van der Waals surface area contributed by atoms with Crippen molar-refractivity contribution in [2.75, 3.05) is 6.54 Å². The Labute approximate surface area is 103 Å². The SMILES string of the molecule is c1csc(CNC[C@@H]2Cn3nncc3CO2)n1. The molecule has 0 aromatic carbocycles. The van der Waals surface area contributed by atoms with Gasteiger partial charge in [0.05, 0.1) is 31.1 Å². The molecule has 2 aromatic heterocycles. The Morgan fingerprint density at radius 3 is 3.47 bits per heavy atom. The van der Waals surface area contributed by atoms with Crippen molar-refractivity contribution in [3.8, 4) is 0 Å². The predicted octanol–water partition coefficient (Wildman–Crippen LogP) is 0.423. The van der Waals surface area contributed by atoms with Gasteiger partial charge in [0.1, 0.15) is 5.01 Å². The highest BCUT2D eigenvalue weighted by Crippen LogP contribution is 2.11. The van der Waals surface area contributed by atoms with E-state index >= 15 is 0 Å². The molecule has 0 bridgehead atoms. The molecule has 6 nitrogen and oxygen atoms in total. The van der Waals surface area contributed by atoms with E-state index in [9.17, 15) is 0 Å². The van der Waals surface area contributed by atoms with Gasteiger partial charge in [-0.2, -0.15) is 0 Å². The number of hydrogen-bond acceptors (Lipinski definition) is 6. The van der Waals surface area contributed by atoms with Crippen molar-refractivity contribution >= 4 is 11.3 Å². The van der Waals surface area contributed by atoms with Crippen LogP contribution in [0.4, 0.5) is 0 Å². The van der Waals surface area contributed by atoms with E-state index in [2.05, 4.69) is 20.6 Å². The summed E-state index contributed by atoms with van der Waals surface area (Å²) in [5.41, 5.74) is 1.04. The molecule has 3 heterocycles. The quantitative estimate of drug-likeness (QED) is 0.853. The van der Waals surface area contributed by atoms with Gasteiger partial charge in [0.2, 0.25) is 0 Å². The first kappa shape index (κ1) is 10.8. The highest BCUT2D eigenvalue weighted by Gasteiger charge is 2.19. The van der Waals surface area contributed by atoms with Crippen LogP contribution in [-0.4, -0.2) is 32.6 Å². The van der Waals surface area contributed by atoms with Gasteiger partial charge in [0, 0.05) is 24.7 Å². The minimum Gasteiger partial charge on any atom is -0.369 e. The molecule has 0 saturated heterocycles. The molecule has 1 aliphatic rings. The molecule has 2 aromatic rings. The first-order valence-electron chi connectivity index (χ1n) is 5.50. The van der Waals surface area contributed by atoms with E-state index in [4.69, 9.17) is 4.74 Å². The van der Waals surface area contributed by atoms with Crippen molar-refractivity contribution in [1.29, 1.82) is 0 Å². The smallest absolute Gasteiger partial charge is 0.106 e. The maximum atomic E-state index is 5.70. The minimum absolute atomic E-state index is 0.157. The van der Waals surface area contributed by atoms with Gasteiger partial charge in [-0.1, -0.05) is 5.21 Å². The Bertz CT molecular complexity index is 469. The van der Waals surface area contributed by atoms with Crippen molar-refractivity contribution in [1.82, 2.24) is 25.3 Å². The van der Waals surface area contributed by atoms with E-state index in [1.165, 1.54) is 0 Å². The maximum Gasteiger partial charge on any atom is 0.106 e. The molecule has 7 heteroatoms. The predicted molar refractivity (Wildman–Crippen MR) is 62.4 cm³/mol. The van der Waals surface area contributed by atoms with Gasteiger partial charge in [-0.05, 0) is 0 Å². The monoisotopic (exact) mass is 251 g/mol. The van der Waals surface area contributed by atoms with Gasteiger partial charge < -0.3 is 10.1 Å². The highest BCUT2D eigenvalue weighted by atomic mass is 32.1. The summed E-state index contributed by atoms with van der Waals surface area (Å²) in [6, 6.07) is 0. The van der Waals surface area contributed by atoms with E-state index < -0.39 is 0 Å². The zero-order valence-electron chi connectivity index (χ0n) is 9.24. The molecule has 0 radical (unpaired) electrons. The van der Waals surface area contributed by atoms with Gasteiger partial charge in [0.15, 0.2) is 0 Å². The Balaban J connectivity index is 1.48. The van der Waals surface area contributed by atoms with Crippen molar-refractivity contribution in [3.63, 3.8) is 0 Å². The fourth-order valence-electron chi connectivity index (χ4n) is 1.80. The van der Waals surface area contributed by atoms with Crippen molar-refractivity contribution in [2.24, 2.45) is 0 Å². The average Bonchev–Trinajstić information content (AvgIpc) is 2.98. The molecule has 90 valence electrons. The molecule has 0 spiro atoms. The van der Waals surface area contributed by atoms with Crippen molar-refractivity contribution < 1.29 is 4.74 Å². The maximum absolute atomic E-state index is 5.70. The van der Waals surface area contributed by atoms with Crippen molar-refractivity contribution in [2.45, 2.75) is 25.8 Å². The zero-order chi connectivity index (χ0) is 11.5. The third-order valence-electron chi connectivity index (χ3n) is 2.67. The molecule has 1 aliphatic heterocycles. The Hall–Kier alpha value is -1.31. The zero-order valence-corrected chi connectivity index (χ0v) is 10.1. The number of ether oxygens (including phenoxy) is 1. The van der Waals surface area contributed by atoms with Gasteiger partial charge in [0.25, 0.3) is 0 Å². The number of thiazole rings is 1. The van der Waals surface area contributed by atoms with Crippen LogP contribution in [0.25, 0.3) is 0 Å². The summed E-state index contributed by atoms with van der Waals surface area (Å²) in [4.78, 5) is 4.21. The standard InChI is InChI=1S/C10H13N5OS/c1-2-17-10(12-1)5-11-4-9-6-15-8(7-16-9)3-13-14-15/h1-3,9,11H,4-7H2/t9-/m1/s1. The second kappa shape index (κ2) is 4.91. The molecule has 0 aliphatic carbocycles. The van der Waals surface area contributed by atoms with Gasteiger partial charge in [-0.15, -0.1) is 16.4 Å². The van der Waals surface area contributed by atoms with E-state index in [0.717, 1.165) is 30.3 Å². The van der Waals surface area contributed by atoms with Crippen LogP contribution in [0.3, 0.4) is 0 Å². The van der Waals surface area contributed by atoms with E-state index in [1.54, 1.807) is 17.5 Å². The van der Waals surface area contributed by atoms with Crippen LogP contribution < -0.4 is 5.32 Å². The number of fused-ring (bicyclic) bond motifs is 1. The molecule has 0 fully saturated rings. The minimum atomic E-state index is 0.157. The van der Waals surface area contributed by atoms with Crippen LogP contribution in [0.1, 0.15) is 10.7 Å². The third kappa shape index (κ3) is 2.51. The lowest BCUT2D eigenvalue weighted by Crippen LogP contribution is -2.36. The number of rotatable bonds is 4. The molecule has 17 heavy (non-hydrogen) atoms. The van der Waals surface area contributed by atoms with Crippen LogP contribution >= 0.6 is 11.3 Å². The molecule has 0 unspecified atom stereocenters. The summed E-state index contributed by atoms with van der Waals surface area (Å²) in [5.74, 6) is 0. The summed E-state index contributed by atoms with van der Waals surface area (Å²) < 4.78 is 7.60. The first-order valence-corrected chi connectivity index (χ1v) is 6.38. The van der Waals surface area contributed by atoms with Gasteiger partial charge in [-0.25, -0.2) is 9.67 Å². The summed E-state index contributed by atoms with van der Waals surface area (Å²) in [6.07, 6.45) is 3.73. The fourth-order valence-corrected chi connectivity index (χ4v) is 2.38. The van der Waals surface area contributed by atoms with Crippen LogP contribution in [0.5, 0.6) is 0 Å². The lowest BCUT2D eigenvalue weighted by Gasteiger charge is -2.23. The molecular formula is C10H13N5OS. The molecular weight excluding hydrogens is 238 g/mol. The first-order chi connectivity index (χ1) is 8.42. The topological polar surface area (TPSA) is 64.9 Å². The summed E-state index contributed by atoms with van der Waals surface area (Å²) in [6.45, 7) is 2.96. The Morgan fingerprint density at radius 1 is 1.59 bits per heavy atom. The number of nitrogens with one attached hydrogen (secondary N) is 1.